The molecule has 3 rings (SSSR count). The highest BCUT2D eigenvalue weighted by molar-refractivity contribution is 5.89. The Morgan fingerprint density at radius 1 is 1.23 bits per heavy atom. The van der Waals surface area contributed by atoms with Gasteiger partial charge in [0.25, 0.3) is 0 Å². The Bertz CT molecular complexity index is 527. The van der Waals surface area contributed by atoms with Crippen LogP contribution in [0.5, 0.6) is 11.5 Å². The van der Waals surface area contributed by atoms with E-state index in [1.807, 2.05) is 12.1 Å². The number of carbonyl (C=O) groups is 1. The van der Waals surface area contributed by atoms with E-state index in [9.17, 15) is 4.79 Å². The van der Waals surface area contributed by atoms with Crippen LogP contribution < -0.4 is 20.1 Å². The van der Waals surface area contributed by atoms with Gasteiger partial charge in [0.1, 0.15) is 13.2 Å². The van der Waals surface area contributed by atoms with E-state index in [1.165, 1.54) is 0 Å². The Balaban J connectivity index is 1.51. The monoisotopic (exact) mass is 305 g/mol. The van der Waals surface area contributed by atoms with E-state index in [0.29, 0.717) is 24.7 Å². The van der Waals surface area contributed by atoms with E-state index in [0.717, 1.165) is 38.2 Å². The Labute approximate surface area is 130 Å². The van der Waals surface area contributed by atoms with Crippen LogP contribution in [0.4, 0.5) is 10.5 Å². The molecule has 120 valence electrons. The molecule has 1 saturated heterocycles. The van der Waals surface area contributed by atoms with Crippen LogP contribution in [0.15, 0.2) is 18.2 Å². The second kappa shape index (κ2) is 6.87. The van der Waals surface area contributed by atoms with Gasteiger partial charge in [0.05, 0.1) is 0 Å². The Morgan fingerprint density at radius 2 is 1.95 bits per heavy atom. The number of ether oxygens (including phenoxy) is 2. The van der Waals surface area contributed by atoms with Crippen molar-refractivity contribution < 1.29 is 14.3 Å². The minimum Gasteiger partial charge on any atom is -0.486 e. The third kappa shape index (κ3) is 3.62. The van der Waals surface area contributed by atoms with Gasteiger partial charge in [-0.1, -0.05) is 6.92 Å². The van der Waals surface area contributed by atoms with Gasteiger partial charge in [0, 0.05) is 30.9 Å². The smallest absolute Gasteiger partial charge is 0.319 e. The zero-order chi connectivity index (χ0) is 15.4. The normalized spacial score (nSPS) is 18.8. The lowest BCUT2D eigenvalue weighted by atomic mass is 10.1. The van der Waals surface area contributed by atoms with Crippen molar-refractivity contribution in [2.24, 2.45) is 0 Å². The largest absolute Gasteiger partial charge is 0.486 e. The molecule has 6 nitrogen and oxygen atoms in total. The summed E-state index contributed by atoms with van der Waals surface area (Å²) in [5.41, 5.74) is 0.716. The molecule has 22 heavy (non-hydrogen) atoms. The van der Waals surface area contributed by atoms with Gasteiger partial charge in [0.2, 0.25) is 0 Å². The molecule has 1 fully saturated rings. The second-order valence-electron chi connectivity index (χ2n) is 5.67. The molecule has 1 aromatic rings. The van der Waals surface area contributed by atoms with Gasteiger partial charge in [-0.3, -0.25) is 0 Å². The molecule has 6 heteroatoms. The van der Waals surface area contributed by atoms with Crippen molar-refractivity contribution in [3.05, 3.63) is 18.2 Å². The standard InChI is InChI=1S/C16H23N3O3/c1-2-19-7-5-12(6-8-19)17-16(20)18-13-3-4-14-15(11-13)22-10-9-21-14/h3-4,11-12H,2,5-10H2,1H3,(H2,17,18,20). The number of nitrogens with zero attached hydrogens (tertiary/aromatic N) is 1. The number of anilines is 1. The summed E-state index contributed by atoms with van der Waals surface area (Å²) in [7, 11) is 0. The van der Waals surface area contributed by atoms with Crippen LogP contribution in [-0.4, -0.2) is 49.8 Å². The number of likely N-dealkylation sites (tertiary alicyclic amines) is 1. The van der Waals surface area contributed by atoms with Crippen molar-refractivity contribution in [1.82, 2.24) is 10.2 Å². The van der Waals surface area contributed by atoms with Crippen LogP contribution in [0.3, 0.4) is 0 Å². The molecule has 0 aliphatic carbocycles. The molecule has 1 aromatic carbocycles. The van der Waals surface area contributed by atoms with Crippen LogP contribution in [-0.2, 0) is 0 Å². The maximum Gasteiger partial charge on any atom is 0.319 e. The molecule has 2 aliphatic rings. The first-order valence-electron chi connectivity index (χ1n) is 7.94. The number of carbonyl (C=O) groups excluding carboxylic acids is 1. The van der Waals surface area contributed by atoms with Crippen LogP contribution in [0.2, 0.25) is 0 Å². The summed E-state index contributed by atoms with van der Waals surface area (Å²) in [5, 5.41) is 5.91. The molecule has 0 aromatic heterocycles. The Morgan fingerprint density at radius 3 is 2.68 bits per heavy atom. The third-order valence-electron chi connectivity index (χ3n) is 4.17. The molecular weight excluding hydrogens is 282 g/mol. The van der Waals surface area contributed by atoms with Crippen molar-refractivity contribution in [3.63, 3.8) is 0 Å². The number of amides is 2. The lowest BCUT2D eigenvalue weighted by Gasteiger charge is -2.31. The summed E-state index contributed by atoms with van der Waals surface area (Å²) >= 11 is 0. The molecule has 2 heterocycles. The van der Waals surface area contributed by atoms with E-state index in [1.54, 1.807) is 6.07 Å². The number of piperidine rings is 1. The van der Waals surface area contributed by atoms with Crippen LogP contribution >= 0.6 is 0 Å². The van der Waals surface area contributed by atoms with Crippen LogP contribution in [0.1, 0.15) is 19.8 Å². The molecule has 0 saturated carbocycles. The lowest BCUT2D eigenvalue weighted by molar-refractivity contribution is 0.171. The van der Waals surface area contributed by atoms with Gasteiger partial charge >= 0.3 is 6.03 Å². The number of hydrogen-bond acceptors (Lipinski definition) is 4. The van der Waals surface area contributed by atoms with E-state index >= 15 is 0 Å². The van der Waals surface area contributed by atoms with Crippen molar-refractivity contribution in [2.75, 3.05) is 38.2 Å². The third-order valence-corrected chi connectivity index (χ3v) is 4.17. The zero-order valence-electron chi connectivity index (χ0n) is 12.9. The minimum absolute atomic E-state index is 0.161. The summed E-state index contributed by atoms with van der Waals surface area (Å²) in [6.07, 6.45) is 2.00. The van der Waals surface area contributed by atoms with Gasteiger partial charge in [-0.25, -0.2) is 4.79 Å². The second-order valence-corrected chi connectivity index (χ2v) is 5.67. The van der Waals surface area contributed by atoms with Gasteiger partial charge in [-0.05, 0) is 31.5 Å². The van der Waals surface area contributed by atoms with Crippen molar-refractivity contribution in [2.45, 2.75) is 25.8 Å². The van der Waals surface area contributed by atoms with Gasteiger partial charge < -0.3 is 25.0 Å². The lowest BCUT2D eigenvalue weighted by Crippen LogP contribution is -2.45. The molecule has 0 unspecified atom stereocenters. The topological polar surface area (TPSA) is 62.8 Å². The number of hydrogen-bond donors (Lipinski definition) is 2. The molecule has 0 spiro atoms. The van der Waals surface area contributed by atoms with E-state index in [4.69, 9.17) is 9.47 Å². The fourth-order valence-corrected chi connectivity index (χ4v) is 2.87. The summed E-state index contributed by atoms with van der Waals surface area (Å²) in [6.45, 7) is 6.45. The summed E-state index contributed by atoms with van der Waals surface area (Å²) in [4.78, 5) is 14.5. The first-order valence-corrected chi connectivity index (χ1v) is 7.94. The number of rotatable bonds is 3. The quantitative estimate of drug-likeness (QED) is 0.897. The van der Waals surface area contributed by atoms with Gasteiger partial charge in [0.15, 0.2) is 11.5 Å². The molecular formula is C16H23N3O3. The average molecular weight is 305 g/mol. The molecule has 2 amide bonds. The highest BCUT2D eigenvalue weighted by Crippen LogP contribution is 2.32. The SMILES string of the molecule is CCN1CCC(NC(=O)Nc2ccc3c(c2)OCCO3)CC1. The average Bonchev–Trinajstić information content (AvgIpc) is 2.55. The molecule has 0 atom stereocenters. The molecule has 2 N–H and O–H groups in total. The molecule has 0 bridgehead atoms. The first-order chi connectivity index (χ1) is 10.7. The van der Waals surface area contributed by atoms with E-state index < -0.39 is 0 Å². The van der Waals surface area contributed by atoms with Crippen LogP contribution in [0, 0.1) is 0 Å². The maximum atomic E-state index is 12.1. The predicted molar refractivity (Wildman–Crippen MR) is 84.7 cm³/mol. The minimum atomic E-state index is -0.161. The summed E-state index contributed by atoms with van der Waals surface area (Å²) in [5.74, 6) is 1.41. The van der Waals surface area contributed by atoms with Gasteiger partial charge in [-0.15, -0.1) is 0 Å². The molecule has 2 aliphatic heterocycles. The number of fused-ring (bicyclic) bond motifs is 1. The Hall–Kier alpha value is -1.95. The van der Waals surface area contributed by atoms with Crippen molar-refractivity contribution in [3.8, 4) is 11.5 Å². The maximum absolute atomic E-state index is 12.1. The number of urea groups is 1. The predicted octanol–water partition coefficient (Wildman–Crippen LogP) is 2.06. The van der Waals surface area contributed by atoms with E-state index in [-0.39, 0.29) is 12.1 Å². The highest BCUT2D eigenvalue weighted by Gasteiger charge is 2.20. The number of nitrogens with one attached hydrogen (secondary N) is 2. The molecule has 0 radical (unpaired) electrons. The Kier molecular flexibility index (Phi) is 4.68. The fraction of sp³-hybridized carbons (Fsp3) is 0.562. The summed E-state index contributed by atoms with van der Waals surface area (Å²) in [6, 6.07) is 5.54. The summed E-state index contributed by atoms with van der Waals surface area (Å²) < 4.78 is 11.0. The fourth-order valence-electron chi connectivity index (χ4n) is 2.87. The number of benzene rings is 1. The van der Waals surface area contributed by atoms with Crippen LogP contribution in [0.25, 0.3) is 0 Å². The van der Waals surface area contributed by atoms with Crippen molar-refractivity contribution in [1.29, 1.82) is 0 Å². The van der Waals surface area contributed by atoms with Crippen molar-refractivity contribution >= 4 is 11.7 Å². The first kappa shape index (κ1) is 15.0. The van der Waals surface area contributed by atoms with Gasteiger partial charge in [-0.2, -0.15) is 0 Å². The highest BCUT2D eigenvalue weighted by atomic mass is 16.6. The zero-order valence-corrected chi connectivity index (χ0v) is 12.9. The van der Waals surface area contributed by atoms with E-state index in [2.05, 4.69) is 22.5 Å².